The standard InChI is InChI=1S/C20H22F3N7O3/c1-11-2-5-15(31)18(29-11)20(22,23)10-28-14-4-3-12(9-24)13(17(14)21)8-16(32)27-6-7-33-30-19(25)26/h2-5,28,31H,6-8,10H2,1H3,(H,27,32)(H4,25,26,30). The molecule has 1 aromatic heterocycles. The zero-order valence-electron chi connectivity index (χ0n) is 17.5. The van der Waals surface area contributed by atoms with Gasteiger partial charge in [-0.25, -0.2) is 9.37 Å². The molecule has 0 radical (unpaired) electrons. The number of guanidine groups is 1. The molecule has 0 bridgehead atoms. The first-order chi connectivity index (χ1) is 15.5. The molecule has 13 heteroatoms. The summed E-state index contributed by atoms with van der Waals surface area (Å²) >= 11 is 0. The van der Waals surface area contributed by atoms with E-state index in [1.807, 2.05) is 0 Å². The largest absolute Gasteiger partial charge is 0.506 e. The van der Waals surface area contributed by atoms with Crippen LogP contribution in [0.5, 0.6) is 5.75 Å². The summed E-state index contributed by atoms with van der Waals surface area (Å²) in [6, 6.07) is 6.53. The highest BCUT2D eigenvalue weighted by Gasteiger charge is 2.36. The van der Waals surface area contributed by atoms with Crippen LogP contribution in [-0.2, 0) is 22.0 Å². The lowest BCUT2D eigenvalue weighted by Gasteiger charge is -2.19. The van der Waals surface area contributed by atoms with Crippen molar-refractivity contribution in [2.75, 3.05) is 25.0 Å². The lowest BCUT2D eigenvalue weighted by Crippen LogP contribution is -2.30. The Balaban J connectivity index is 2.11. The first kappa shape index (κ1) is 25.1. The van der Waals surface area contributed by atoms with Crippen LogP contribution in [0.25, 0.3) is 0 Å². The molecular weight excluding hydrogens is 443 g/mol. The van der Waals surface area contributed by atoms with Crippen molar-refractivity contribution in [3.63, 3.8) is 0 Å². The van der Waals surface area contributed by atoms with Crippen LogP contribution < -0.4 is 22.1 Å². The van der Waals surface area contributed by atoms with Crippen molar-refractivity contribution < 1.29 is 27.9 Å². The number of nitrogens with one attached hydrogen (secondary N) is 2. The summed E-state index contributed by atoms with van der Waals surface area (Å²) in [5.41, 5.74) is 8.81. The third-order valence-electron chi connectivity index (χ3n) is 4.25. The maximum absolute atomic E-state index is 15.0. The topological polar surface area (TPSA) is 172 Å². The average Bonchev–Trinajstić information content (AvgIpc) is 2.75. The quantitative estimate of drug-likeness (QED) is 0.151. The van der Waals surface area contributed by atoms with Crippen molar-refractivity contribution in [1.82, 2.24) is 10.3 Å². The number of halogens is 3. The molecule has 176 valence electrons. The van der Waals surface area contributed by atoms with Gasteiger partial charge >= 0.3 is 5.92 Å². The maximum atomic E-state index is 15.0. The number of alkyl halides is 2. The highest BCUT2D eigenvalue weighted by molar-refractivity contribution is 5.80. The number of carbonyl (C=O) groups is 1. The second-order valence-electron chi connectivity index (χ2n) is 6.82. The minimum atomic E-state index is -3.64. The maximum Gasteiger partial charge on any atom is 0.310 e. The van der Waals surface area contributed by atoms with Crippen LogP contribution in [0.2, 0.25) is 0 Å². The molecule has 10 nitrogen and oxygen atoms in total. The van der Waals surface area contributed by atoms with Gasteiger partial charge in [-0.3, -0.25) is 4.79 Å². The van der Waals surface area contributed by atoms with Gasteiger partial charge in [0.25, 0.3) is 0 Å². The van der Waals surface area contributed by atoms with Gasteiger partial charge in [-0.2, -0.15) is 14.0 Å². The van der Waals surface area contributed by atoms with Crippen molar-refractivity contribution in [1.29, 1.82) is 5.26 Å². The molecule has 2 aromatic rings. The van der Waals surface area contributed by atoms with Gasteiger partial charge in [-0.15, -0.1) is 0 Å². The molecule has 1 heterocycles. The fourth-order valence-corrected chi connectivity index (χ4v) is 2.72. The van der Waals surface area contributed by atoms with Crippen LogP contribution in [0.15, 0.2) is 29.4 Å². The number of rotatable bonds is 10. The van der Waals surface area contributed by atoms with Gasteiger partial charge in [0.05, 0.1) is 36.8 Å². The Morgan fingerprint density at radius 1 is 1.33 bits per heavy atom. The zero-order valence-corrected chi connectivity index (χ0v) is 17.5. The van der Waals surface area contributed by atoms with Crippen molar-refractivity contribution in [2.45, 2.75) is 19.3 Å². The Bertz CT molecular complexity index is 1080. The monoisotopic (exact) mass is 465 g/mol. The van der Waals surface area contributed by atoms with E-state index in [2.05, 4.69) is 20.8 Å². The van der Waals surface area contributed by atoms with Gasteiger partial charge in [-0.1, -0.05) is 0 Å². The highest BCUT2D eigenvalue weighted by Crippen LogP contribution is 2.34. The fourth-order valence-electron chi connectivity index (χ4n) is 2.72. The lowest BCUT2D eigenvalue weighted by atomic mass is 10.0. The Labute approximate surface area is 187 Å². The second-order valence-corrected chi connectivity index (χ2v) is 6.82. The minimum Gasteiger partial charge on any atom is -0.506 e. The molecular formula is C20H22F3N7O3. The summed E-state index contributed by atoms with van der Waals surface area (Å²) in [6.07, 6.45) is -0.525. The third-order valence-corrected chi connectivity index (χ3v) is 4.25. The summed E-state index contributed by atoms with van der Waals surface area (Å²) in [4.78, 5) is 20.5. The number of pyridine rings is 1. The van der Waals surface area contributed by atoms with Crippen LogP contribution in [0.3, 0.4) is 0 Å². The summed E-state index contributed by atoms with van der Waals surface area (Å²) in [6.45, 7) is 0.328. The molecule has 0 atom stereocenters. The second kappa shape index (κ2) is 10.9. The Kier molecular flexibility index (Phi) is 8.27. The van der Waals surface area contributed by atoms with E-state index < -0.39 is 42.1 Å². The fraction of sp³-hybridized carbons (Fsp3) is 0.300. The van der Waals surface area contributed by atoms with Crippen LogP contribution in [0.4, 0.5) is 18.9 Å². The molecule has 33 heavy (non-hydrogen) atoms. The number of benzene rings is 1. The molecule has 0 unspecified atom stereocenters. The lowest BCUT2D eigenvalue weighted by molar-refractivity contribution is -0.120. The number of amides is 1. The van der Waals surface area contributed by atoms with Crippen LogP contribution in [0.1, 0.15) is 22.5 Å². The summed E-state index contributed by atoms with van der Waals surface area (Å²) in [5, 5.41) is 26.9. The van der Waals surface area contributed by atoms with E-state index in [0.717, 1.165) is 12.1 Å². The number of oxime groups is 1. The van der Waals surface area contributed by atoms with Gasteiger partial charge < -0.3 is 32.0 Å². The smallest absolute Gasteiger partial charge is 0.310 e. The van der Waals surface area contributed by atoms with Crippen molar-refractivity contribution >= 4 is 17.6 Å². The van der Waals surface area contributed by atoms with Gasteiger partial charge in [0.2, 0.25) is 11.9 Å². The zero-order chi connectivity index (χ0) is 24.6. The van der Waals surface area contributed by atoms with Gasteiger partial charge in [0, 0.05) is 11.3 Å². The van der Waals surface area contributed by atoms with Gasteiger partial charge in [0.15, 0.2) is 11.5 Å². The van der Waals surface area contributed by atoms with Gasteiger partial charge in [-0.05, 0) is 36.3 Å². The number of aromatic hydroxyl groups is 1. The molecule has 1 amide bonds. The average molecular weight is 465 g/mol. The van der Waals surface area contributed by atoms with E-state index in [-0.39, 0.29) is 41.6 Å². The first-order valence-corrected chi connectivity index (χ1v) is 9.53. The number of anilines is 1. The summed E-state index contributed by atoms with van der Waals surface area (Å²) in [5.74, 6) is -6.31. The first-order valence-electron chi connectivity index (χ1n) is 9.53. The normalized spacial score (nSPS) is 10.8. The molecule has 0 spiro atoms. The number of carbonyl (C=O) groups excluding carboxylic acids is 1. The predicted molar refractivity (Wildman–Crippen MR) is 113 cm³/mol. The Hall–Kier alpha value is -4.21. The third kappa shape index (κ3) is 6.89. The van der Waals surface area contributed by atoms with Crippen molar-refractivity contribution in [2.24, 2.45) is 16.6 Å². The van der Waals surface area contributed by atoms with E-state index >= 15 is 0 Å². The number of nitriles is 1. The highest BCUT2D eigenvalue weighted by atomic mass is 19.3. The Morgan fingerprint density at radius 3 is 2.73 bits per heavy atom. The molecule has 0 aliphatic carbocycles. The number of hydrogen-bond donors (Lipinski definition) is 5. The van der Waals surface area contributed by atoms with Crippen LogP contribution in [-0.4, -0.2) is 41.7 Å². The van der Waals surface area contributed by atoms with Crippen molar-refractivity contribution in [3.8, 4) is 11.8 Å². The van der Waals surface area contributed by atoms with E-state index in [4.69, 9.17) is 16.3 Å². The SMILES string of the molecule is Cc1ccc(O)c(C(F)(F)CNc2ccc(C#N)c(CC(=O)NCCON=C(N)N)c2F)n1. The van der Waals surface area contributed by atoms with E-state index in [1.54, 1.807) is 6.07 Å². The van der Waals surface area contributed by atoms with E-state index in [0.29, 0.717) is 0 Å². The molecule has 7 N–H and O–H groups in total. The van der Waals surface area contributed by atoms with E-state index in [1.165, 1.54) is 19.1 Å². The molecule has 0 fully saturated rings. The molecule has 2 rings (SSSR count). The van der Waals surface area contributed by atoms with Gasteiger partial charge in [0.1, 0.15) is 12.4 Å². The summed E-state index contributed by atoms with van der Waals surface area (Å²) in [7, 11) is 0. The number of nitrogens with two attached hydrogens (primary N) is 2. The molecule has 0 aliphatic heterocycles. The molecule has 0 saturated heterocycles. The number of nitrogens with zero attached hydrogens (tertiary/aromatic N) is 3. The van der Waals surface area contributed by atoms with Crippen LogP contribution in [0, 0.1) is 24.1 Å². The number of hydrogen-bond acceptors (Lipinski definition) is 7. The molecule has 0 aliphatic rings. The number of aryl methyl sites for hydroxylation is 1. The van der Waals surface area contributed by atoms with Crippen molar-refractivity contribution in [3.05, 3.63) is 52.6 Å². The molecule has 0 saturated carbocycles. The predicted octanol–water partition coefficient (Wildman–Crippen LogP) is 1.17. The summed E-state index contributed by atoms with van der Waals surface area (Å²) < 4.78 is 44.1. The van der Waals surface area contributed by atoms with Crippen LogP contribution >= 0.6 is 0 Å². The number of aromatic nitrogens is 1. The molecule has 1 aromatic carbocycles. The Morgan fingerprint density at radius 2 is 2.06 bits per heavy atom. The van der Waals surface area contributed by atoms with E-state index in [9.17, 15) is 28.3 Å². The minimum absolute atomic E-state index is 0.00370.